The van der Waals surface area contributed by atoms with Gasteiger partial charge in [0.25, 0.3) is 11.8 Å². The average molecular weight is 536 g/mol. The number of amides is 2. The summed E-state index contributed by atoms with van der Waals surface area (Å²) in [4.78, 5) is 62.2. The smallest absolute Gasteiger partial charge is 0.343 e. The molecule has 1 aliphatic rings. The lowest BCUT2D eigenvalue weighted by atomic mass is 10.1. The third kappa shape index (κ3) is 5.52. The van der Waals surface area contributed by atoms with Gasteiger partial charge in [-0.05, 0) is 60.7 Å². The van der Waals surface area contributed by atoms with Crippen molar-refractivity contribution in [3.63, 3.8) is 0 Å². The molecule has 0 fully saturated rings. The summed E-state index contributed by atoms with van der Waals surface area (Å²) in [6.07, 6.45) is -0.232. The minimum Gasteiger partial charge on any atom is -0.457 e. The van der Waals surface area contributed by atoms with Crippen molar-refractivity contribution in [3.8, 4) is 5.75 Å². The maximum absolute atomic E-state index is 12.3. The molecule has 1 heterocycles. The molecule has 0 bridgehead atoms. The molecule has 0 radical (unpaired) electrons. The normalized spacial score (nSPS) is 12.3. The van der Waals surface area contributed by atoms with Crippen LogP contribution in [0.1, 0.15) is 47.9 Å². The fourth-order valence-corrected chi connectivity index (χ4v) is 3.67. The van der Waals surface area contributed by atoms with E-state index in [9.17, 15) is 24.0 Å². The first kappa shape index (κ1) is 24.0. The number of nitrogens with zero attached hydrogens (tertiary/aromatic N) is 1. The quantitative estimate of drug-likeness (QED) is 0.185. The minimum absolute atomic E-state index is 0.141. The summed E-state index contributed by atoms with van der Waals surface area (Å²) >= 11 is 3.29. The summed E-state index contributed by atoms with van der Waals surface area (Å²) in [6, 6.07) is 19.0. The van der Waals surface area contributed by atoms with Gasteiger partial charge in [0.1, 0.15) is 5.75 Å². The number of halogens is 1. The first-order valence-electron chi connectivity index (χ1n) is 10.6. The predicted molar refractivity (Wildman–Crippen MR) is 127 cm³/mol. The zero-order valence-corrected chi connectivity index (χ0v) is 19.8. The van der Waals surface area contributed by atoms with Gasteiger partial charge in [-0.2, -0.15) is 0 Å². The topological polar surface area (TPSA) is 107 Å². The van der Waals surface area contributed by atoms with E-state index in [0.29, 0.717) is 16.7 Å². The molecule has 9 heteroatoms. The summed E-state index contributed by atoms with van der Waals surface area (Å²) in [7, 11) is 0. The van der Waals surface area contributed by atoms with E-state index in [4.69, 9.17) is 9.47 Å². The van der Waals surface area contributed by atoms with Gasteiger partial charge in [-0.3, -0.25) is 24.1 Å². The van der Waals surface area contributed by atoms with Gasteiger partial charge < -0.3 is 9.47 Å². The van der Waals surface area contributed by atoms with Crippen molar-refractivity contribution in [2.75, 3.05) is 13.2 Å². The first-order chi connectivity index (χ1) is 16.8. The number of benzene rings is 3. The van der Waals surface area contributed by atoms with Crippen LogP contribution in [-0.4, -0.2) is 47.6 Å². The highest BCUT2D eigenvalue weighted by Gasteiger charge is 2.35. The van der Waals surface area contributed by atoms with Gasteiger partial charge in [-0.1, -0.05) is 28.1 Å². The maximum Gasteiger partial charge on any atom is 0.343 e. The lowest BCUT2D eigenvalue weighted by Gasteiger charge is -2.13. The van der Waals surface area contributed by atoms with Crippen molar-refractivity contribution in [3.05, 3.63) is 99.5 Å². The van der Waals surface area contributed by atoms with Gasteiger partial charge in [0.2, 0.25) is 0 Å². The summed E-state index contributed by atoms with van der Waals surface area (Å²) < 4.78 is 11.1. The molecule has 1 aliphatic heterocycles. The van der Waals surface area contributed by atoms with Crippen LogP contribution in [0.2, 0.25) is 0 Å². The lowest BCUT2D eigenvalue weighted by Crippen LogP contribution is -2.32. The Hall–Kier alpha value is -4.11. The Morgan fingerprint density at radius 3 is 1.94 bits per heavy atom. The van der Waals surface area contributed by atoms with E-state index < -0.39 is 36.1 Å². The van der Waals surface area contributed by atoms with Crippen LogP contribution in [0.5, 0.6) is 5.75 Å². The second-order valence-electron chi connectivity index (χ2n) is 7.56. The molecular weight excluding hydrogens is 518 g/mol. The van der Waals surface area contributed by atoms with Crippen molar-refractivity contribution in [1.29, 1.82) is 0 Å². The molecule has 8 nitrogen and oxygen atoms in total. The van der Waals surface area contributed by atoms with Crippen LogP contribution in [-0.2, 0) is 9.53 Å². The molecule has 0 spiro atoms. The Morgan fingerprint density at radius 1 is 0.771 bits per heavy atom. The Labute approximate surface area is 208 Å². The molecule has 0 atom stereocenters. The molecule has 35 heavy (non-hydrogen) atoms. The zero-order chi connectivity index (χ0) is 24.9. The highest BCUT2D eigenvalue weighted by molar-refractivity contribution is 9.10. The summed E-state index contributed by atoms with van der Waals surface area (Å²) in [5.41, 5.74) is 1.24. The molecule has 0 aromatic heterocycles. The predicted octanol–water partition coefficient (Wildman–Crippen LogP) is 4.08. The van der Waals surface area contributed by atoms with Crippen LogP contribution >= 0.6 is 15.9 Å². The number of carbonyl (C=O) groups is 5. The molecular formula is C26H18BrNO7. The number of rotatable bonds is 8. The fraction of sp³-hybridized carbons (Fsp3) is 0.115. The van der Waals surface area contributed by atoms with Gasteiger partial charge in [0, 0.05) is 16.6 Å². The number of ether oxygens (including phenoxy) is 2. The Bertz CT molecular complexity index is 1280. The summed E-state index contributed by atoms with van der Waals surface area (Å²) in [6.45, 7) is -0.642. The molecule has 0 saturated carbocycles. The molecule has 3 aromatic carbocycles. The highest BCUT2D eigenvalue weighted by Crippen LogP contribution is 2.22. The molecule has 0 saturated heterocycles. The van der Waals surface area contributed by atoms with Gasteiger partial charge in [-0.25, -0.2) is 4.79 Å². The minimum atomic E-state index is -0.713. The van der Waals surface area contributed by atoms with Gasteiger partial charge in [-0.15, -0.1) is 0 Å². The van der Waals surface area contributed by atoms with Crippen LogP contribution in [0.3, 0.4) is 0 Å². The molecule has 0 N–H and O–H groups in total. The Balaban J connectivity index is 1.24. The molecule has 4 rings (SSSR count). The van der Waals surface area contributed by atoms with E-state index in [1.807, 2.05) is 0 Å². The molecule has 176 valence electrons. The molecule has 2 amide bonds. The van der Waals surface area contributed by atoms with E-state index in [2.05, 4.69) is 15.9 Å². The van der Waals surface area contributed by atoms with Crippen LogP contribution in [0.15, 0.2) is 77.3 Å². The van der Waals surface area contributed by atoms with E-state index in [0.717, 1.165) is 9.37 Å². The van der Waals surface area contributed by atoms with Crippen molar-refractivity contribution >= 4 is 45.5 Å². The van der Waals surface area contributed by atoms with Gasteiger partial charge >= 0.3 is 11.9 Å². The number of hydrogen-bond donors (Lipinski definition) is 0. The summed E-state index contributed by atoms with van der Waals surface area (Å²) in [5, 5.41) is 0. The van der Waals surface area contributed by atoms with Crippen LogP contribution in [0, 0.1) is 0 Å². The van der Waals surface area contributed by atoms with E-state index in [-0.39, 0.29) is 24.3 Å². The molecule has 0 unspecified atom stereocenters. The van der Waals surface area contributed by atoms with Crippen molar-refractivity contribution in [1.82, 2.24) is 4.90 Å². The maximum atomic E-state index is 12.3. The van der Waals surface area contributed by atoms with Crippen LogP contribution in [0.4, 0.5) is 0 Å². The fourth-order valence-electron chi connectivity index (χ4n) is 3.41. The van der Waals surface area contributed by atoms with Crippen molar-refractivity contribution in [2.24, 2.45) is 0 Å². The molecule has 3 aromatic rings. The first-order valence-corrected chi connectivity index (χ1v) is 11.3. The third-order valence-corrected chi connectivity index (χ3v) is 5.78. The van der Waals surface area contributed by atoms with E-state index in [1.165, 1.54) is 24.3 Å². The number of imide groups is 1. The number of fused-ring (bicyclic) bond motifs is 1. The molecule has 0 aliphatic carbocycles. The standard InChI is InChI=1S/C26H18BrNO7/c27-18-9-5-17(6-10-18)26(33)35-19-11-7-16(8-12-19)22(29)15-34-23(30)13-14-28-24(31)20-3-1-2-4-21(20)25(28)32/h1-12H,13-15H2. The van der Waals surface area contributed by atoms with Gasteiger partial charge in [0.15, 0.2) is 12.4 Å². The van der Waals surface area contributed by atoms with Gasteiger partial charge in [0.05, 0.1) is 23.1 Å². The lowest BCUT2D eigenvalue weighted by molar-refractivity contribution is -0.142. The van der Waals surface area contributed by atoms with E-state index >= 15 is 0 Å². The Morgan fingerprint density at radius 2 is 1.34 bits per heavy atom. The number of hydrogen-bond acceptors (Lipinski definition) is 7. The van der Waals surface area contributed by atoms with Crippen LogP contribution < -0.4 is 4.74 Å². The van der Waals surface area contributed by atoms with Crippen molar-refractivity contribution < 1.29 is 33.4 Å². The number of ketones is 1. The van der Waals surface area contributed by atoms with E-state index in [1.54, 1.807) is 48.5 Å². The SMILES string of the molecule is O=C(CCN1C(=O)c2ccccc2C1=O)OCC(=O)c1ccc(OC(=O)c2ccc(Br)cc2)cc1. The van der Waals surface area contributed by atoms with Crippen LogP contribution in [0.25, 0.3) is 0 Å². The Kier molecular flexibility index (Phi) is 7.17. The average Bonchev–Trinajstić information content (AvgIpc) is 3.11. The monoisotopic (exact) mass is 535 g/mol. The number of esters is 2. The third-order valence-electron chi connectivity index (χ3n) is 5.25. The largest absolute Gasteiger partial charge is 0.457 e. The second-order valence-corrected chi connectivity index (χ2v) is 8.48. The summed E-state index contributed by atoms with van der Waals surface area (Å²) in [5.74, 6) is -2.37. The second kappa shape index (κ2) is 10.4. The zero-order valence-electron chi connectivity index (χ0n) is 18.2. The van der Waals surface area contributed by atoms with Crippen molar-refractivity contribution in [2.45, 2.75) is 6.42 Å². The number of carbonyl (C=O) groups excluding carboxylic acids is 5. The number of Topliss-reactive ketones (excluding diaryl/α,β-unsaturated/α-hetero) is 1. The highest BCUT2D eigenvalue weighted by atomic mass is 79.9.